The van der Waals surface area contributed by atoms with E-state index in [4.69, 9.17) is 25.2 Å². The van der Waals surface area contributed by atoms with Gasteiger partial charge in [0.05, 0.1) is 24.2 Å². The molecule has 2 saturated heterocycles. The minimum atomic E-state index is -2.77. The molecule has 2 fully saturated rings. The quantitative estimate of drug-likeness (QED) is 0.393. The summed E-state index contributed by atoms with van der Waals surface area (Å²) in [5.41, 5.74) is 1.44. The number of carboxylic acids is 1. The Bertz CT molecular complexity index is 1160. The van der Waals surface area contributed by atoms with Crippen LogP contribution in [0.1, 0.15) is 27.1 Å². The highest BCUT2D eigenvalue weighted by Gasteiger charge is 2.58. The van der Waals surface area contributed by atoms with Crippen LogP contribution in [0.25, 0.3) is 0 Å². The number of aliphatic carboxylic acids is 1. The van der Waals surface area contributed by atoms with Crippen molar-refractivity contribution >= 4 is 17.6 Å². The summed E-state index contributed by atoms with van der Waals surface area (Å²) in [5, 5.41) is 41.5. The normalized spacial score (nSPS) is 39.9. The number of likely N-dealkylation sites (N-methyl/N-ethyl adjacent to an activating group) is 1. The Morgan fingerprint density at radius 2 is 1.72 bits per heavy atom. The van der Waals surface area contributed by atoms with E-state index in [0.29, 0.717) is 22.1 Å². The summed E-state index contributed by atoms with van der Waals surface area (Å²) in [6.07, 6.45) is -9.20. The lowest BCUT2D eigenvalue weighted by molar-refractivity contribution is -0.952. The van der Waals surface area contributed by atoms with E-state index in [1.54, 1.807) is 30.3 Å². The fourth-order valence-corrected chi connectivity index (χ4v) is 5.42. The zero-order valence-corrected chi connectivity index (χ0v) is 17.6. The van der Waals surface area contributed by atoms with Gasteiger partial charge in [-0.1, -0.05) is 29.8 Å². The van der Waals surface area contributed by atoms with E-state index in [1.807, 2.05) is 12.1 Å². The molecule has 2 aromatic carbocycles. The average Bonchev–Trinajstić information content (AvgIpc) is 3.15. The number of ether oxygens (including phenoxy) is 2. The maximum absolute atomic E-state index is 11.7. The Labute approximate surface area is 194 Å². The van der Waals surface area contributed by atoms with Crippen LogP contribution in [0.15, 0.2) is 42.5 Å². The van der Waals surface area contributed by atoms with E-state index in [-0.39, 0.29) is 13.1 Å². The zero-order chi connectivity index (χ0) is 25.3. The Kier molecular flexibility index (Phi) is 4.39. The number of rotatable bonds is 2. The van der Waals surface area contributed by atoms with Crippen molar-refractivity contribution < 1.29 is 43.3 Å². The number of para-hydroxylation sites is 1. The fourth-order valence-electron chi connectivity index (χ4n) is 5.24. The average molecular weight is 467 g/mol. The molecule has 9 heteroatoms. The molecule has 4 N–H and O–H groups in total. The van der Waals surface area contributed by atoms with Crippen LogP contribution in [0, 0.1) is 0 Å². The summed E-state index contributed by atoms with van der Waals surface area (Å²) in [6.45, 7) is -2.91. The van der Waals surface area contributed by atoms with Gasteiger partial charge in [-0.3, -0.25) is 4.48 Å². The molecule has 0 spiro atoms. The molecule has 3 heterocycles. The van der Waals surface area contributed by atoms with Gasteiger partial charge in [-0.25, -0.2) is 4.79 Å². The van der Waals surface area contributed by atoms with Gasteiger partial charge >= 0.3 is 5.97 Å². The van der Waals surface area contributed by atoms with Crippen LogP contribution < -0.4 is 4.74 Å². The minimum absolute atomic E-state index is 0.0651. The maximum atomic E-state index is 11.7. The van der Waals surface area contributed by atoms with Crippen LogP contribution in [0.2, 0.25) is 5.02 Å². The molecule has 0 unspecified atom stereocenters. The first kappa shape index (κ1) is 18.3. The molecule has 0 bridgehead atoms. The molecular weight excluding hydrogens is 439 g/mol. The number of carboxylic acid groups (broad SMARTS) is 1. The van der Waals surface area contributed by atoms with Crippen molar-refractivity contribution in [2.45, 2.75) is 42.5 Å². The van der Waals surface area contributed by atoms with Gasteiger partial charge in [0.2, 0.25) is 6.23 Å². The first-order valence-electron chi connectivity index (χ1n) is 11.8. The lowest BCUT2D eigenvalue weighted by atomic mass is 9.84. The second-order valence-corrected chi connectivity index (χ2v) is 9.13. The van der Waals surface area contributed by atoms with Gasteiger partial charge < -0.3 is 29.9 Å². The van der Waals surface area contributed by atoms with Crippen LogP contribution in [-0.2, 0) is 9.53 Å². The van der Waals surface area contributed by atoms with Gasteiger partial charge in [-0.05, 0) is 24.3 Å². The molecule has 32 heavy (non-hydrogen) atoms. The molecule has 0 amide bonds. The topological polar surface area (TPSA) is 116 Å². The molecule has 170 valence electrons. The van der Waals surface area contributed by atoms with Crippen molar-refractivity contribution in [1.29, 1.82) is 0 Å². The monoisotopic (exact) mass is 466 g/mol. The van der Waals surface area contributed by atoms with Gasteiger partial charge in [0, 0.05) is 28.0 Å². The summed E-state index contributed by atoms with van der Waals surface area (Å²) in [6, 6.07) is 12.4. The van der Waals surface area contributed by atoms with Gasteiger partial charge in [-0.15, -0.1) is 0 Å². The predicted octanol–water partition coefficient (Wildman–Crippen LogP) is 1.67. The number of halogens is 1. The SMILES string of the molecule is [2H][13C]([2H])([2H])[N@@+]1([C@H]2O[C@H](C(=O)O)[C@@H](O)[C@H](O)[C@H]2O)C[C@H]2c3ccccc3Oc3ccc(Cl)cc3[C@@H]2C1. The van der Waals surface area contributed by atoms with E-state index in [1.165, 1.54) is 0 Å². The number of carbonyl (C=O) groups is 1. The summed E-state index contributed by atoms with van der Waals surface area (Å²) < 4.78 is 36.3. The van der Waals surface area contributed by atoms with Gasteiger partial charge in [0.15, 0.2) is 12.2 Å². The third kappa shape index (κ3) is 3.30. The number of benzene rings is 2. The first-order valence-corrected chi connectivity index (χ1v) is 10.7. The molecule has 0 aliphatic carbocycles. The lowest BCUT2D eigenvalue weighted by Crippen LogP contribution is -2.68. The Balaban J connectivity index is 1.67. The van der Waals surface area contributed by atoms with Crippen LogP contribution in [-0.4, -0.2) is 81.6 Å². The summed E-state index contributed by atoms with van der Waals surface area (Å²) >= 11 is 6.29. The standard InChI is InChI=1S/C23H24ClNO7/c1-25(22-20(28)18(26)19(27)21(32-22)23(29)30)9-14-12-4-2-3-5-16(12)31-17-7-6-11(24)8-13(17)15(14)10-25/h2-8,14-15,18-22,26-28H,9-10H2,1H3/p+1/t14-,15-,18-,19-,20+,21-,22-,25+/m0/s1/i1+1D3. The van der Waals surface area contributed by atoms with E-state index < -0.39 is 59.9 Å². The summed E-state index contributed by atoms with van der Waals surface area (Å²) in [5.74, 6) is -1.34. The van der Waals surface area contributed by atoms with Gasteiger partial charge in [0.1, 0.15) is 23.7 Å². The van der Waals surface area contributed by atoms with Crippen LogP contribution in [0.4, 0.5) is 0 Å². The van der Waals surface area contributed by atoms with Crippen LogP contribution in [0.5, 0.6) is 11.5 Å². The highest BCUT2D eigenvalue weighted by atomic mass is 35.5. The largest absolute Gasteiger partial charge is 0.479 e. The molecule has 8 atom stereocenters. The molecule has 0 aromatic heterocycles. The molecular formula is C23H25ClNO7+. The number of quaternary nitrogens is 1. The number of hydrogen-bond donors (Lipinski definition) is 4. The molecule has 0 radical (unpaired) electrons. The number of likely N-dealkylation sites (tertiary alicyclic amines) is 1. The highest BCUT2D eigenvalue weighted by Crippen LogP contribution is 2.53. The minimum Gasteiger partial charge on any atom is -0.479 e. The van der Waals surface area contributed by atoms with Crippen LogP contribution in [0.3, 0.4) is 0 Å². The van der Waals surface area contributed by atoms with Crippen molar-refractivity contribution in [3.63, 3.8) is 0 Å². The Morgan fingerprint density at radius 3 is 2.44 bits per heavy atom. The van der Waals surface area contributed by atoms with E-state index in [9.17, 15) is 25.2 Å². The van der Waals surface area contributed by atoms with E-state index >= 15 is 0 Å². The number of nitrogens with zero attached hydrogens (tertiary/aromatic N) is 1. The van der Waals surface area contributed by atoms with Crippen molar-refractivity contribution in [3.05, 3.63) is 58.6 Å². The van der Waals surface area contributed by atoms with Crippen LogP contribution >= 0.6 is 11.6 Å². The van der Waals surface area contributed by atoms with E-state index in [2.05, 4.69) is 0 Å². The second kappa shape index (κ2) is 7.69. The molecule has 8 nitrogen and oxygen atoms in total. The van der Waals surface area contributed by atoms with Crippen molar-refractivity contribution in [2.24, 2.45) is 0 Å². The number of hydrogen-bond acceptors (Lipinski definition) is 6. The molecule has 3 aliphatic heterocycles. The molecule has 0 saturated carbocycles. The summed E-state index contributed by atoms with van der Waals surface area (Å²) in [4.78, 5) is 11.7. The highest BCUT2D eigenvalue weighted by molar-refractivity contribution is 6.30. The second-order valence-electron chi connectivity index (χ2n) is 8.69. The Morgan fingerprint density at radius 1 is 1.03 bits per heavy atom. The smallest absolute Gasteiger partial charge is 0.335 e. The first-order chi connectivity index (χ1) is 16.4. The van der Waals surface area contributed by atoms with Crippen molar-refractivity contribution in [3.8, 4) is 11.5 Å². The predicted molar refractivity (Wildman–Crippen MR) is 114 cm³/mol. The molecule has 3 aliphatic rings. The van der Waals surface area contributed by atoms with Gasteiger partial charge in [-0.2, -0.15) is 0 Å². The van der Waals surface area contributed by atoms with E-state index in [0.717, 1.165) is 5.56 Å². The lowest BCUT2D eigenvalue weighted by Gasteiger charge is -2.46. The Hall–Kier alpha value is -2.20. The maximum Gasteiger partial charge on any atom is 0.335 e. The third-order valence-electron chi connectivity index (χ3n) is 6.76. The van der Waals surface area contributed by atoms with Gasteiger partial charge in [0.25, 0.3) is 0 Å². The molecule has 5 rings (SSSR count). The number of aliphatic hydroxyl groups excluding tert-OH is 3. The van der Waals surface area contributed by atoms with Crippen molar-refractivity contribution in [2.75, 3.05) is 20.1 Å². The summed E-state index contributed by atoms with van der Waals surface area (Å²) in [7, 11) is 0. The third-order valence-corrected chi connectivity index (χ3v) is 6.99. The number of aliphatic hydroxyl groups is 3. The molecule has 2 aromatic rings. The fraction of sp³-hybridized carbons (Fsp3) is 0.435. The van der Waals surface area contributed by atoms with Crippen molar-refractivity contribution in [1.82, 2.24) is 0 Å². The zero-order valence-electron chi connectivity index (χ0n) is 19.8. The number of fused-ring (bicyclic) bond motifs is 5.